The Kier molecular flexibility index (Phi) is 4.19. The maximum atomic E-state index is 6.01. The van der Waals surface area contributed by atoms with Crippen LogP contribution in [0.1, 0.15) is 36.0 Å². The van der Waals surface area contributed by atoms with E-state index in [4.69, 9.17) is 10.5 Å². The molecule has 94 valence electrons. The standard InChI is InChI=1S/C15H23NO/c1-11-6-7-13(8-12(11)2)10-17-15-5-3-4-14(15)9-16/h6-8,14-15H,3-5,9-10,16H2,1-2H3. The SMILES string of the molecule is Cc1ccc(COC2CCCC2CN)cc1C. The summed E-state index contributed by atoms with van der Waals surface area (Å²) in [7, 11) is 0. The largest absolute Gasteiger partial charge is 0.373 e. The molecule has 0 aliphatic heterocycles. The highest BCUT2D eigenvalue weighted by Gasteiger charge is 2.26. The van der Waals surface area contributed by atoms with Crippen molar-refractivity contribution in [3.8, 4) is 0 Å². The summed E-state index contributed by atoms with van der Waals surface area (Å²) in [6.45, 7) is 5.78. The van der Waals surface area contributed by atoms with Gasteiger partial charge in [0, 0.05) is 0 Å². The summed E-state index contributed by atoms with van der Waals surface area (Å²) in [5, 5.41) is 0. The van der Waals surface area contributed by atoms with Crippen LogP contribution >= 0.6 is 0 Å². The summed E-state index contributed by atoms with van der Waals surface area (Å²) in [6.07, 6.45) is 4.04. The van der Waals surface area contributed by atoms with Gasteiger partial charge in [0.25, 0.3) is 0 Å². The van der Waals surface area contributed by atoms with Crippen LogP contribution in [-0.4, -0.2) is 12.6 Å². The van der Waals surface area contributed by atoms with Crippen LogP contribution in [0.2, 0.25) is 0 Å². The molecular weight excluding hydrogens is 210 g/mol. The fourth-order valence-corrected chi connectivity index (χ4v) is 2.59. The van der Waals surface area contributed by atoms with E-state index < -0.39 is 0 Å². The van der Waals surface area contributed by atoms with Crippen molar-refractivity contribution in [2.24, 2.45) is 11.7 Å². The van der Waals surface area contributed by atoms with Crippen LogP contribution < -0.4 is 5.73 Å². The first-order valence-electron chi connectivity index (χ1n) is 6.58. The smallest absolute Gasteiger partial charge is 0.0720 e. The first kappa shape index (κ1) is 12.6. The van der Waals surface area contributed by atoms with E-state index in [-0.39, 0.29) is 0 Å². The van der Waals surface area contributed by atoms with Crippen molar-refractivity contribution in [1.29, 1.82) is 0 Å². The summed E-state index contributed by atoms with van der Waals surface area (Å²) in [5.41, 5.74) is 9.71. The lowest BCUT2D eigenvalue weighted by Crippen LogP contribution is -2.25. The first-order chi connectivity index (χ1) is 8.20. The molecule has 1 aromatic carbocycles. The topological polar surface area (TPSA) is 35.2 Å². The van der Waals surface area contributed by atoms with E-state index in [0.29, 0.717) is 12.0 Å². The number of hydrogen-bond acceptors (Lipinski definition) is 2. The van der Waals surface area contributed by atoms with Gasteiger partial charge in [-0.3, -0.25) is 0 Å². The Balaban J connectivity index is 1.91. The number of ether oxygens (including phenoxy) is 1. The van der Waals surface area contributed by atoms with Gasteiger partial charge in [-0.25, -0.2) is 0 Å². The Morgan fingerprint density at radius 1 is 1.24 bits per heavy atom. The molecule has 2 nitrogen and oxygen atoms in total. The van der Waals surface area contributed by atoms with E-state index in [9.17, 15) is 0 Å². The van der Waals surface area contributed by atoms with Gasteiger partial charge in [-0.15, -0.1) is 0 Å². The van der Waals surface area contributed by atoms with E-state index in [1.807, 2.05) is 0 Å². The predicted molar refractivity (Wildman–Crippen MR) is 70.9 cm³/mol. The molecule has 0 amide bonds. The minimum atomic E-state index is 0.376. The van der Waals surface area contributed by atoms with Crippen LogP contribution in [0, 0.1) is 19.8 Å². The molecule has 17 heavy (non-hydrogen) atoms. The molecule has 1 aliphatic carbocycles. The maximum absolute atomic E-state index is 6.01. The zero-order valence-electron chi connectivity index (χ0n) is 10.9. The summed E-state index contributed by atoms with van der Waals surface area (Å²) < 4.78 is 6.01. The number of aryl methyl sites for hydroxylation is 2. The third kappa shape index (κ3) is 3.08. The molecule has 0 bridgehead atoms. The third-order valence-corrected chi connectivity index (χ3v) is 3.93. The third-order valence-electron chi connectivity index (χ3n) is 3.93. The fourth-order valence-electron chi connectivity index (χ4n) is 2.59. The quantitative estimate of drug-likeness (QED) is 0.867. The fraction of sp³-hybridized carbons (Fsp3) is 0.600. The van der Waals surface area contributed by atoms with Gasteiger partial charge in [0.05, 0.1) is 12.7 Å². The monoisotopic (exact) mass is 233 g/mol. The molecule has 0 spiro atoms. The van der Waals surface area contributed by atoms with Crippen LogP contribution in [0.15, 0.2) is 18.2 Å². The van der Waals surface area contributed by atoms with E-state index in [1.165, 1.54) is 36.0 Å². The summed E-state index contributed by atoms with van der Waals surface area (Å²) in [5.74, 6) is 0.571. The van der Waals surface area contributed by atoms with Crippen molar-refractivity contribution in [1.82, 2.24) is 0 Å². The molecule has 0 saturated heterocycles. The van der Waals surface area contributed by atoms with Crippen molar-refractivity contribution in [3.05, 3.63) is 34.9 Å². The molecule has 1 aliphatic rings. The van der Waals surface area contributed by atoms with Crippen molar-refractivity contribution in [3.63, 3.8) is 0 Å². The van der Waals surface area contributed by atoms with Crippen LogP contribution in [-0.2, 0) is 11.3 Å². The van der Waals surface area contributed by atoms with Gasteiger partial charge < -0.3 is 10.5 Å². The number of rotatable bonds is 4. The van der Waals surface area contributed by atoms with E-state index in [1.54, 1.807) is 0 Å². The molecule has 1 fully saturated rings. The Morgan fingerprint density at radius 3 is 2.76 bits per heavy atom. The minimum Gasteiger partial charge on any atom is -0.373 e. The first-order valence-corrected chi connectivity index (χ1v) is 6.58. The average Bonchev–Trinajstić information content (AvgIpc) is 2.78. The zero-order valence-corrected chi connectivity index (χ0v) is 10.9. The molecule has 2 heteroatoms. The molecule has 2 atom stereocenters. The molecule has 2 unspecified atom stereocenters. The minimum absolute atomic E-state index is 0.376. The maximum Gasteiger partial charge on any atom is 0.0720 e. The molecule has 0 radical (unpaired) electrons. The molecule has 0 aromatic heterocycles. The van der Waals surface area contributed by atoms with Crippen LogP contribution in [0.5, 0.6) is 0 Å². The van der Waals surface area contributed by atoms with E-state index >= 15 is 0 Å². The van der Waals surface area contributed by atoms with Crippen molar-refractivity contribution < 1.29 is 4.74 Å². The molecule has 2 rings (SSSR count). The van der Waals surface area contributed by atoms with Gasteiger partial charge in [0.15, 0.2) is 0 Å². The van der Waals surface area contributed by atoms with E-state index in [0.717, 1.165) is 13.2 Å². The Morgan fingerprint density at radius 2 is 2.06 bits per heavy atom. The van der Waals surface area contributed by atoms with E-state index in [2.05, 4.69) is 32.0 Å². The second kappa shape index (κ2) is 5.65. The molecular formula is C15H23NO. The second-order valence-corrected chi connectivity index (χ2v) is 5.19. The Hall–Kier alpha value is -0.860. The van der Waals surface area contributed by atoms with Crippen LogP contribution in [0.25, 0.3) is 0 Å². The van der Waals surface area contributed by atoms with Crippen molar-refractivity contribution in [2.75, 3.05) is 6.54 Å². The summed E-state index contributed by atoms with van der Waals surface area (Å²) in [4.78, 5) is 0. The normalized spacial score (nSPS) is 24.2. The van der Waals surface area contributed by atoms with Gasteiger partial charge in [-0.2, -0.15) is 0 Å². The lowest BCUT2D eigenvalue weighted by Gasteiger charge is -2.18. The van der Waals surface area contributed by atoms with Crippen molar-refractivity contribution >= 4 is 0 Å². The zero-order chi connectivity index (χ0) is 12.3. The lowest BCUT2D eigenvalue weighted by molar-refractivity contribution is 0.0182. The van der Waals surface area contributed by atoms with Gasteiger partial charge in [-0.05, 0) is 55.8 Å². The highest BCUT2D eigenvalue weighted by molar-refractivity contribution is 5.29. The van der Waals surface area contributed by atoms with Crippen LogP contribution in [0.3, 0.4) is 0 Å². The van der Waals surface area contributed by atoms with Gasteiger partial charge in [0.2, 0.25) is 0 Å². The number of hydrogen-bond donors (Lipinski definition) is 1. The Bertz CT molecular complexity index is 375. The highest BCUT2D eigenvalue weighted by atomic mass is 16.5. The number of benzene rings is 1. The molecule has 2 N–H and O–H groups in total. The van der Waals surface area contributed by atoms with Gasteiger partial charge >= 0.3 is 0 Å². The Labute approximate surface area is 104 Å². The molecule has 0 heterocycles. The molecule has 1 saturated carbocycles. The number of nitrogens with two attached hydrogens (primary N) is 1. The lowest BCUT2D eigenvalue weighted by atomic mass is 10.1. The van der Waals surface area contributed by atoms with Crippen LogP contribution in [0.4, 0.5) is 0 Å². The van der Waals surface area contributed by atoms with Gasteiger partial charge in [0.1, 0.15) is 0 Å². The molecule has 1 aromatic rings. The highest BCUT2D eigenvalue weighted by Crippen LogP contribution is 2.28. The summed E-state index contributed by atoms with van der Waals surface area (Å²) in [6, 6.07) is 6.56. The second-order valence-electron chi connectivity index (χ2n) is 5.19. The average molecular weight is 233 g/mol. The predicted octanol–water partition coefficient (Wildman–Crippen LogP) is 2.95. The van der Waals surface area contributed by atoms with Gasteiger partial charge in [-0.1, -0.05) is 24.6 Å². The summed E-state index contributed by atoms with van der Waals surface area (Å²) >= 11 is 0. The van der Waals surface area contributed by atoms with Crippen molar-refractivity contribution in [2.45, 2.75) is 45.8 Å².